The van der Waals surface area contributed by atoms with Crippen molar-refractivity contribution in [3.63, 3.8) is 0 Å². The fourth-order valence-corrected chi connectivity index (χ4v) is 2.81. The van der Waals surface area contributed by atoms with Crippen molar-refractivity contribution in [1.29, 1.82) is 0 Å². The number of benzene rings is 1. The molecule has 0 atom stereocenters. The number of nitrogens with one attached hydrogen (secondary N) is 1. The van der Waals surface area contributed by atoms with E-state index in [4.69, 9.17) is 14.7 Å². The third kappa shape index (κ3) is 10.3. The Kier molecular flexibility index (Phi) is 13.7. The zero-order valence-electron chi connectivity index (χ0n) is 18.1. The van der Waals surface area contributed by atoms with Gasteiger partial charge in [-0.1, -0.05) is 55.8 Å². The molecule has 0 fully saturated rings. The van der Waals surface area contributed by atoms with Crippen molar-refractivity contribution in [3.05, 3.63) is 59.9 Å². The number of rotatable bonds is 14. The Labute approximate surface area is 171 Å². The second-order valence-corrected chi connectivity index (χ2v) is 6.74. The predicted molar refractivity (Wildman–Crippen MR) is 122 cm³/mol. The van der Waals surface area contributed by atoms with Crippen LogP contribution in [0, 0.1) is 0 Å². The van der Waals surface area contributed by atoms with Gasteiger partial charge < -0.3 is 10.1 Å². The lowest BCUT2D eigenvalue weighted by Gasteiger charge is -2.11. The molecule has 0 aliphatic heterocycles. The van der Waals surface area contributed by atoms with Crippen LogP contribution in [0.5, 0.6) is 0 Å². The average Bonchev–Trinajstić information content (AvgIpc) is 2.71. The van der Waals surface area contributed by atoms with E-state index >= 15 is 0 Å². The number of hydrogen-bond donors (Lipinski definition) is 1. The van der Waals surface area contributed by atoms with Gasteiger partial charge in [0.2, 0.25) is 0 Å². The lowest BCUT2D eigenvalue weighted by molar-refractivity contribution is 0.192. The maximum Gasteiger partial charge on any atom is 0.0919 e. The van der Waals surface area contributed by atoms with E-state index in [1.54, 1.807) is 7.11 Å². The molecule has 0 heterocycles. The molecule has 0 unspecified atom stereocenters. The Bertz CT molecular complexity index is 645. The molecule has 154 valence electrons. The third-order valence-electron chi connectivity index (χ3n) is 4.27. The van der Waals surface area contributed by atoms with Crippen LogP contribution in [0.15, 0.2) is 64.4 Å². The van der Waals surface area contributed by atoms with E-state index < -0.39 is 0 Å². The maximum absolute atomic E-state index is 5.17. The minimum absolute atomic E-state index is 0.814. The lowest BCUT2D eigenvalue weighted by atomic mass is 10.0. The molecule has 1 N–H and O–H groups in total. The summed E-state index contributed by atoms with van der Waals surface area (Å²) in [6.07, 6.45) is 12.3. The van der Waals surface area contributed by atoms with E-state index in [0.29, 0.717) is 0 Å². The molecule has 4 nitrogen and oxygen atoms in total. The number of methoxy groups -OCH3 is 1. The van der Waals surface area contributed by atoms with Crippen LogP contribution in [0.1, 0.15) is 57.9 Å². The van der Waals surface area contributed by atoms with E-state index in [1.165, 1.54) is 0 Å². The minimum Gasteiger partial charge on any atom is -0.385 e. The maximum atomic E-state index is 5.17. The molecule has 0 saturated carbocycles. The van der Waals surface area contributed by atoms with Crippen LogP contribution < -0.4 is 5.32 Å². The lowest BCUT2D eigenvalue weighted by Crippen LogP contribution is -2.16. The van der Waals surface area contributed by atoms with Crippen molar-refractivity contribution in [2.75, 3.05) is 27.3 Å². The zero-order chi connectivity index (χ0) is 20.5. The minimum atomic E-state index is 0.814. The molecule has 0 amide bonds. The molecule has 0 saturated heterocycles. The first kappa shape index (κ1) is 24.0. The highest BCUT2D eigenvalue weighted by molar-refractivity contribution is 6.48. The summed E-state index contributed by atoms with van der Waals surface area (Å²) in [6, 6.07) is 10.4. The molecule has 1 rings (SSSR count). The van der Waals surface area contributed by atoms with Crippen molar-refractivity contribution < 1.29 is 4.74 Å². The first-order valence-electron chi connectivity index (χ1n) is 10.4. The summed E-state index contributed by atoms with van der Waals surface area (Å²) in [5, 5.41) is 3.16. The van der Waals surface area contributed by atoms with Gasteiger partial charge in [0.25, 0.3) is 0 Å². The molecule has 1 aromatic rings. The standard InChI is InChI=1S/C24H37N3O/c1-5-14-21(2)27-24(22-15-8-6-9-16-22)23(17-10-7-13-20-28-4)26-19-12-11-18-25-3/h6,8-9,12,14-16,19,25H,5,7,10-11,13,17-18,20H2,1-4H3/b19-12+,21-14+,26-23-,27-24-. The molecule has 1 aromatic carbocycles. The van der Waals surface area contributed by atoms with Crippen LogP contribution >= 0.6 is 0 Å². The zero-order valence-corrected chi connectivity index (χ0v) is 18.1. The first-order chi connectivity index (χ1) is 13.7. The molecule has 0 spiro atoms. The molecule has 0 radical (unpaired) electrons. The predicted octanol–water partition coefficient (Wildman–Crippen LogP) is 5.56. The van der Waals surface area contributed by atoms with Gasteiger partial charge in [-0.15, -0.1) is 0 Å². The van der Waals surface area contributed by atoms with E-state index in [2.05, 4.69) is 55.6 Å². The Morgan fingerprint density at radius 3 is 2.61 bits per heavy atom. The van der Waals surface area contributed by atoms with Gasteiger partial charge >= 0.3 is 0 Å². The van der Waals surface area contributed by atoms with Gasteiger partial charge in [0, 0.05) is 31.2 Å². The van der Waals surface area contributed by atoms with E-state index in [-0.39, 0.29) is 0 Å². The fourth-order valence-electron chi connectivity index (χ4n) is 2.81. The number of nitrogens with zero attached hydrogens (tertiary/aromatic N) is 2. The molecular weight excluding hydrogens is 346 g/mol. The summed E-state index contributed by atoms with van der Waals surface area (Å²) in [6.45, 7) is 5.96. The van der Waals surface area contributed by atoms with Gasteiger partial charge in [0.1, 0.15) is 0 Å². The number of allylic oxidation sites excluding steroid dienone is 2. The molecule has 0 bridgehead atoms. The highest BCUT2D eigenvalue weighted by Gasteiger charge is 2.12. The Morgan fingerprint density at radius 2 is 1.93 bits per heavy atom. The van der Waals surface area contributed by atoms with Crippen LogP contribution in [-0.4, -0.2) is 38.7 Å². The van der Waals surface area contributed by atoms with Crippen LogP contribution in [0.2, 0.25) is 0 Å². The largest absolute Gasteiger partial charge is 0.385 e. The second kappa shape index (κ2) is 16.0. The number of aliphatic imine (C=N–C) groups is 2. The quantitative estimate of drug-likeness (QED) is 0.338. The Morgan fingerprint density at radius 1 is 1.14 bits per heavy atom. The molecule has 28 heavy (non-hydrogen) atoms. The average molecular weight is 384 g/mol. The summed E-state index contributed by atoms with van der Waals surface area (Å²) >= 11 is 0. The van der Waals surface area contributed by atoms with E-state index in [9.17, 15) is 0 Å². The summed E-state index contributed by atoms with van der Waals surface area (Å²) in [5.41, 5.74) is 4.18. The molecule has 4 heteroatoms. The smallest absolute Gasteiger partial charge is 0.0919 e. The SMILES string of the molecule is CC/C=C(C)/N=C(\C(CCCCCOC)=N/C=C/CCNC)c1ccccc1. The number of ether oxygens (including phenoxy) is 1. The molecule has 0 aromatic heterocycles. The Balaban J connectivity index is 3.11. The summed E-state index contributed by atoms with van der Waals surface area (Å²) in [4.78, 5) is 9.77. The first-order valence-corrected chi connectivity index (χ1v) is 10.4. The van der Waals surface area contributed by atoms with Gasteiger partial charge in [-0.3, -0.25) is 9.98 Å². The second-order valence-electron chi connectivity index (χ2n) is 6.74. The third-order valence-corrected chi connectivity index (χ3v) is 4.27. The van der Waals surface area contributed by atoms with Crippen LogP contribution in [0.25, 0.3) is 0 Å². The Hall–Kier alpha value is -2.04. The van der Waals surface area contributed by atoms with Gasteiger partial charge in [-0.05, 0) is 52.6 Å². The van der Waals surface area contributed by atoms with E-state index in [0.717, 1.165) is 74.4 Å². The van der Waals surface area contributed by atoms with Crippen molar-refractivity contribution >= 4 is 11.4 Å². The van der Waals surface area contributed by atoms with Gasteiger partial charge in [0.05, 0.1) is 11.4 Å². The van der Waals surface area contributed by atoms with Crippen LogP contribution in [-0.2, 0) is 4.74 Å². The molecule has 0 aliphatic carbocycles. The van der Waals surface area contributed by atoms with Gasteiger partial charge in [0.15, 0.2) is 0 Å². The van der Waals surface area contributed by atoms with Crippen molar-refractivity contribution in [1.82, 2.24) is 5.32 Å². The summed E-state index contributed by atoms with van der Waals surface area (Å²) in [7, 11) is 3.72. The monoisotopic (exact) mass is 383 g/mol. The van der Waals surface area contributed by atoms with Crippen LogP contribution in [0.3, 0.4) is 0 Å². The molecule has 0 aliphatic rings. The highest BCUT2D eigenvalue weighted by Crippen LogP contribution is 2.13. The van der Waals surface area contributed by atoms with E-state index in [1.807, 2.05) is 19.3 Å². The van der Waals surface area contributed by atoms with Crippen molar-refractivity contribution in [2.45, 2.75) is 52.4 Å². The fraction of sp³-hybridized carbons (Fsp3) is 0.500. The van der Waals surface area contributed by atoms with Crippen molar-refractivity contribution in [3.8, 4) is 0 Å². The number of unbranched alkanes of at least 4 members (excludes halogenated alkanes) is 2. The number of hydrogen-bond acceptors (Lipinski definition) is 4. The van der Waals surface area contributed by atoms with Crippen LogP contribution in [0.4, 0.5) is 0 Å². The summed E-state index contributed by atoms with van der Waals surface area (Å²) in [5.74, 6) is 0. The molecular formula is C24H37N3O. The topological polar surface area (TPSA) is 46.0 Å². The normalized spacial score (nSPS) is 13.5. The summed E-state index contributed by atoms with van der Waals surface area (Å²) < 4.78 is 5.17. The van der Waals surface area contributed by atoms with Gasteiger partial charge in [-0.2, -0.15) is 0 Å². The highest BCUT2D eigenvalue weighted by atomic mass is 16.5. The van der Waals surface area contributed by atoms with Gasteiger partial charge in [-0.25, -0.2) is 0 Å². The van der Waals surface area contributed by atoms with Crippen molar-refractivity contribution in [2.24, 2.45) is 9.98 Å².